The molecule has 2 unspecified atom stereocenters. The van der Waals surface area contributed by atoms with E-state index in [0.717, 1.165) is 0 Å². The first-order valence-corrected chi connectivity index (χ1v) is 11.4. The van der Waals surface area contributed by atoms with Crippen molar-refractivity contribution in [3.05, 3.63) is 0 Å². The van der Waals surface area contributed by atoms with Crippen LogP contribution in [-0.2, 0) is 47.7 Å². The Kier molecular flexibility index (Phi) is 16.3. The Balaban J connectivity index is 5.03. The molecule has 11 heteroatoms. The highest BCUT2D eigenvalue weighted by molar-refractivity contribution is 5.73. The van der Waals surface area contributed by atoms with Gasteiger partial charge >= 0.3 is 23.9 Å². The fourth-order valence-corrected chi connectivity index (χ4v) is 3.48. The fourth-order valence-electron chi connectivity index (χ4n) is 3.48. The van der Waals surface area contributed by atoms with Crippen LogP contribution in [0.4, 0.5) is 0 Å². The number of nitrogens with two attached hydrogens (primary N) is 1. The molecule has 0 rings (SSSR count). The first-order chi connectivity index (χ1) is 15.9. The molecule has 0 saturated carbocycles. The molecule has 0 spiro atoms. The van der Waals surface area contributed by atoms with Gasteiger partial charge in [0.1, 0.15) is 24.9 Å². The number of esters is 4. The lowest BCUT2D eigenvalue weighted by Crippen LogP contribution is -2.29. The standard InChI is InChI=1S/C23H39NO10/c1-15(25)31-14-22(30-5)13-21(34-18(4)28)9-6-8-19(32-16(2)26)12-20(33-17(3)27)10-7-11-23(24)29/h19-22H,6-14H2,1-5H3,(H2,24,29)/t19-,20-,21?,22?/m0/s1. The van der Waals surface area contributed by atoms with Crippen LogP contribution in [0, 0.1) is 0 Å². The van der Waals surface area contributed by atoms with E-state index in [1.807, 2.05) is 0 Å². The molecule has 0 aromatic rings. The molecule has 0 aromatic carbocycles. The van der Waals surface area contributed by atoms with Crippen LogP contribution in [0.2, 0.25) is 0 Å². The Morgan fingerprint density at radius 3 is 1.41 bits per heavy atom. The zero-order valence-electron chi connectivity index (χ0n) is 20.8. The van der Waals surface area contributed by atoms with Gasteiger partial charge in [0.05, 0.1) is 6.10 Å². The summed E-state index contributed by atoms with van der Waals surface area (Å²) in [5, 5.41) is 0. The van der Waals surface area contributed by atoms with Gasteiger partial charge in [-0.15, -0.1) is 0 Å². The summed E-state index contributed by atoms with van der Waals surface area (Å²) in [7, 11) is 1.48. The molecule has 0 heterocycles. The van der Waals surface area contributed by atoms with E-state index in [2.05, 4.69) is 0 Å². The molecule has 11 nitrogen and oxygen atoms in total. The summed E-state index contributed by atoms with van der Waals surface area (Å²) in [6.07, 6.45) is 1.02. The van der Waals surface area contributed by atoms with Crippen molar-refractivity contribution in [2.24, 2.45) is 5.73 Å². The topological polar surface area (TPSA) is 158 Å². The molecule has 0 bridgehead atoms. The predicted molar refractivity (Wildman–Crippen MR) is 120 cm³/mol. The minimum Gasteiger partial charge on any atom is -0.463 e. The highest BCUT2D eigenvalue weighted by Crippen LogP contribution is 2.21. The first-order valence-electron chi connectivity index (χ1n) is 11.4. The summed E-state index contributed by atoms with van der Waals surface area (Å²) in [6, 6.07) is 0. The minimum atomic E-state index is -0.535. The molecule has 0 radical (unpaired) electrons. The zero-order valence-corrected chi connectivity index (χ0v) is 20.8. The van der Waals surface area contributed by atoms with Crippen molar-refractivity contribution >= 4 is 29.8 Å². The lowest BCUT2D eigenvalue weighted by molar-refractivity contribution is -0.153. The van der Waals surface area contributed by atoms with E-state index >= 15 is 0 Å². The van der Waals surface area contributed by atoms with Crippen molar-refractivity contribution in [2.75, 3.05) is 13.7 Å². The zero-order chi connectivity index (χ0) is 26.1. The maximum Gasteiger partial charge on any atom is 0.302 e. The van der Waals surface area contributed by atoms with Crippen molar-refractivity contribution in [1.29, 1.82) is 0 Å². The van der Waals surface area contributed by atoms with Gasteiger partial charge in [-0.25, -0.2) is 0 Å². The second kappa shape index (κ2) is 17.7. The van der Waals surface area contributed by atoms with Gasteiger partial charge in [0.25, 0.3) is 0 Å². The number of amides is 1. The maximum absolute atomic E-state index is 11.6. The molecule has 1 amide bonds. The van der Waals surface area contributed by atoms with Gasteiger partial charge in [0.15, 0.2) is 0 Å². The van der Waals surface area contributed by atoms with Gasteiger partial charge in [-0.1, -0.05) is 0 Å². The molecular weight excluding hydrogens is 450 g/mol. The highest BCUT2D eigenvalue weighted by Gasteiger charge is 2.24. The summed E-state index contributed by atoms with van der Waals surface area (Å²) in [4.78, 5) is 56.7. The number of carbonyl (C=O) groups excluding carboxylic acids is 5. The number of ether oxygens (including phenoxy) is 5. The molecule has 0 aromatic heterocycles. The molecule has 2 N–H and O–H groups in total. The first kappa shape index (κ1) is 31.3. The van der Waals surface area contributed by atoms with Crippen LogP contribution in [0.15, 0.2) is 0 Å². The quantitative estimate of drug-likeness (QED) is 0.223. The van der Waals surface area contributed by atoms with Gasteiger partial charge in [-0.05, 0) is 32.1 Å². The average Bonchev–Trinajstić information content (AvgIpc) is 2.68. The van der Waals surface area contributed by atoms with Crippen molar-refractivity contribution in [2.45, 2.75) is 103 Å². The lowest BCUT2D eigenvalue weighted by Gasteiger charge is -2.25. The van der Waals surface area contributed by atoms with Gasteiger partial charge in [0, 0.05) is 54.1 Å². The third kappa shape index (κ3) is 17.8. The van der Waals surface area contributed by atoms with Crippen molar-refractivity contribution in [3.8, 4) is 0 Å². The predicted octanol–water partition coefficient (Wildman–Crippen LogP) is 1.97. The van der Waals surface area contributed by atoms with Crippen LogP contribution in [0.5, 0.6) is 0 Å². The van der Waals surface area contributed by atoms with E-state index in [-0.39, 0.29) is 19.4 Å². The molecule has 0 aliphatic rings. The number of rotatable bonds is 18. The molecule has 196 valence electrons. The number of hydrogen-bond donors (Lipinski definition) is 1. The molecule has 0 aliphatic carbocycles. The summed E-state index contributed by atoms with van der Waals surface area (Å²) in [6.45, 7) is 5.21. The summed E-state index contributed by atoms with van der Waals surface area (Å²) < 4.78 is 26.4. The molecule has 0 aliphatic heterocycles. The van der Waals surface area contributed by atoms with E-state index in [9.17, 15) is 24.0 Å². The Morgan fingerprint density at radius 1 is 0.647 bits per heavy atom. The smallest absolute Gasteiger partial charge is 0.302 e. The van der Waals surface area contributed by atoms with E-state index in [4.69, 9.17) is 29.4 Å². The van der Waals surface area contributed by atoms with Crippen LogP contribution in [0.25, 0.3) is 0 Å². The molecule has 0 fully saturated rings. The van der Waals surface area contributed by atoms with Crippen LogP contribution >= 0.6 is 0 Å². The molecule has 4 atom stereocenters. The SMILES string of the molecule is COC(COC(C)=O)CC(CCC[C@@H](C[C@H](CCCC(N)=O)OC(C)=O)OC(C)=O)OC(C)=O. The summed E-state index contributed by atoms with van der Waals surface area (Å²) in [5.41, 5.74) is 5.17. The summed E-state index contributed by atoms with van der Waals surface area (Å²) >= 11 is 0. The number of methoxy groups -OCH3 is 1. The van der Waals surface area contributed by atoms with Crippen molar-refractivity contribution in [3.63, 3.8) is 0 Å². The van der Waals surface area contributed by atoms with Crippen LogP contribution in [-0.4, -0.2) is 67.9 Å². The normalized spacial score (nSPS) is 14.3. The number of hydrogen-bond acceptors (Lipinski definition) is 10. The number of primary amides is 1. The maximum atomic E-state index is 11.6. The fraction of sp³-hybridized carbons (Fsp3) is 0.783. The molecular formula is C23H39NO10. The van der Waals surface area contributed by atoms with Crippen LogP contribution in [0.3, 0.4) is 0 Å². The van der Waals surface area contributed by atoms with Crippen molar-refractivity contribution in [1.82, 2.24) is 0 Å². The molecule has 0 saturated heterocycles. The largest absolute Gasteiger partial charge is 0.463 e. The van der Waals surface area contributed by atoms with E-state index in [1.54, 1.807) is 0 Å². The highest BCUT2D eigenvalue weighted by atomic mass is 16.6. The van der Waals surface area contributed by atoms with Crippen molar-refractivity contribution < 1.29 is 47.7 Å². The Bertz CT molecular complexity index is 666. The lowest BCUT2D eigenvalue weighted by atomic mass is 9.99. The van der Waals surface area contributed by atoms with Gasteiger partial charge < -0.3 is 29.4 Å². The van der Waals surface area contributed by atoms with Crippen LogP contribution < -0.4 is 5.73 Å². The molecule has 34 heavy (non-hydrogen) atoms. The average molecular weight is 490 g/mol. The van der Waals surface area contributed by atoms with E-state index < -0.39 is 54.2 Å². The van der Waals surface area contributed by atoms with E-state index in [0.29, 0.717) is 38.5 Å². The Labute approximate surface area is 200 Å². The van der Waals surface area contributed by atoms with Gasteiger partial charge in [-0.3, -0.25) is 24.0 Å². The van der Waals surface area contributed by atoms with Gasteiger partial charge in [-0.2, -0.15) is 0 Å². The Hall–Kier alpha value is -2.69. The van der Waals surface area contributed by atoms with Crippen LogP contribution in [0.1, 0.15) is 79.1 Å². The summed E-state index contributed by atoms with van der Waals surface area (Å²) in [5.74, 6) is -2.28. The van der Waals surface area contributed by atoms with Gasteiger partial charge in [0.2, 0.25) is 5.91 Å². The third-order valence-electron chi connectivity index (χ3n) is 4.86. The Morgan fingerprint density at radius 2 is 1.06 bits per heavy atom. The second-order valence-corrected chi connectivity index (χ2v) is 8.12. The number of carbonyl (C=O) groups is 5. The minimum absolute atomic E-state index is 0.0367. The monoisotopic (exact) mass is 489 g/mol. The van der Waals surface area contributed by atoms with E-state index in [1.165, 1.54) is 34.8 Å². The second-order valence-electron chi connectivity index (χ2n) is 8.12. The third-order valence-corrected chi connectivity index (χ3v) is 4.86.